The maximum Gasteiger partial charge on any atom is 0.126 e. The molecule has 2 aromatic rings. The Morgan fingerprint density at radius 2 is 2.22 bits per heavy atom. The molecule has 0 aliphatic heterocycles. The normalized spacial score (nSPS) is 12.1. The molecule has 2 aromatic heterocycles. The topological polar surface area (TPSA) is 64.1 Å². The first-order chi connectivity index (χ1) is 8.56. The van der Waals surface area contributed by atoms with E-state index in [1.54, 1.807) is 6.20 Å². The van der Waals surface area contributed by atoms with Gasteiger partial charge in [-0.05, 0) is 38.1 Å². The highest BCUT2D eigenvalue weighted by Crippen LogP contribution is 2.21. The summed E-state index contributed by atoms with van der Waals surface area (Å²) in [4.78, 5) is 4.39. The first kappa shape index (κ1) is 12.6. The molecule has 1 atom stereocenters. The van der Waals surface area contributed by atoms with Gasteiger partial charge in [-0.1, -0.05) is 12.2 Å². The van der Waals surface area contributed by atoms with Crippen molar-refractivity contribution in [3.8, 4) is 0 Å². The number of anilines is 1. The lowest BCUT2D eigenvalue weighted by atomic mass is 10.2. The van der Waals surface area contributed by atoms with E-state index in [2.05, 4.69) is 10.3 Å². The van der Waals surface area contributed by atoms with Gasteiger partial charge in [-0.3, -0.25) is 4.98 Å². The molecule has 0 radical (unpaired) electrons. The molecule has 0 aliphatic carbocycles. The van der Waals surface area contributed by atoms with Crippen LogP contribution in [0.3, 0.4) is 0 Å². The Kier molecular flexibility index (Phi) is 3.62. The molecule has 0 aromatic carbocycles. The molecule has 4 nitrogen and oxygen atoms in total. The largest absolute Gasteiger partial charge is 0.464 e. The summed E-state index contributed by atoms with van der Waals surface area (Å²) in [6.07, 6.45) is 1.68. The van der Waals surface area contributed by atoms with E-state index in [1.165, 1.54) is 0 Å². The second-order valence-electron chi connectivity index (χ2n) is 4.11. The van der Waals surface area contributed by atoms with Gasteiger partial charge in [0.15, 0.2) is 0 Å². The van der Waals surface area contributed by atoms with E-state index in [9.17, 15) is 0 Å². The van der Waals surface area contributed by atoms with Crippen LogP contribution in [0.1, 0.15) is 30.2 Å². The summed E-state index contributed by atoms with van der Waals surface area (Å²) in [5.74, 6) is 1.79. The Bertz CT molecular complexity index is 565. The Balaban J connectivity index is 2.14. The standard InChI is InChI=1S/C13H15N3OS/c1-8-3-4-12(17-8)9(2)16-10-5-6-15-11(7-10)13(14)18/h3-7,9H,1-2H3,(H2,14,18)(H,15,16). The van der Waals surface area contributed by atoms with Crippen molar-refractivity contribution in [1.82, 2.24) is 4.98 Å². The number of nitrogens with zero attached hydrogens (tertiary/aromatic N) is 1. The summed E-state index contributed by atoms with van der Waals surface area (Å²) in [6, 6.07) is 7.67. The first-order valence-corrected chi connectivity index (χ1v) is 6.06. The predicted molar refractivity (Wildman–Crippen MR) is 75.6 cm³/mol. The van der Waals surface area contributed by atoms with Gasteiger partial charge in [0.2, 0.25) is 0 Å². The van der Waals surface area contributed by atoms with Crippen molar-refractivity contribution in [3.05, 3.63) is 47.7 Å². The molecule has 3 N–H and O–H groups in total. The number of furan rings is 1. The van der Waals surface area contributed by atoms with Gasteiger partial charge < -0.3 is 15.5 Å². The molecule has 18 heavy (non-hydrogen) atoms. The maximum atomic E-state index is 5.57. The van der Waals surface area contributed by atoms with E-state index in [-0.39, 0.29) is 6.04 Å². The lowest BCUT2D eigenvalue weighted by molar-refractivity contribution is 0.467. The molecule has 0 aliphatic rings. The molecule has 2 heterocycles. The van der Waals surface area contributed by atoms with E-state index in [1.807, 2.05) is 38.1 Å². The third-order valence-electron chi connectivity index (χ3n) is 2.58. The highest BCUT2D eigenvalue weighted by Gasteiger charge is 2.09. The molecule has 0 saturated heterocycles. The van der Waals surface area contributed by atoms with Gasteiger partial charge in [-0.15, -0.1) is 0 Å². The number of aromatic nitrogens is 1. The molecule has 94 valence electrons. The Morgan fingerprint density at radius 1 is 1.44 bits per heavy atom. The van der Waals surface area contributed by atoms with Crippen LogP contribution in [0.2, 0.25) is 0 Å². The fourth-order valence-electron chi connectivity index (χ4n) is 1.66. The van der Waals surface area contributed by atoms with Crippen LogP contribution >= 0.6 is 12.2 Å². The van der Waals surface area contributed by atoms with Crippen molar-refractivity contribution in [2.24, 2.45) is 5.73 Å². The molecule has 0 bridgehead atoms. The van der Waals surface area contributed by atoms with Crippen molar-refractivity contribution in [2.75, 3.05) is 5.32 Å². The van der Waals surface area contributed by atoms with Crippen LogP contribution in [-0.4, -0.2) is 9.97 Å². The number of thiocarbonyl (C=S) groups is 1. The van der Waals surface area contributed by atoms with Crippen LogP contribution in [0.5, 0.6) is 0 Å². The Morgan fingerprint density at radius 3 is 2.83 bits per heavy atom. The van der Waals surface area contributed by atoms with E-state index in [0.29, 0.717) is 10.7 Å². The molecule has 0 amide bonds. The minimum absolute atomic E-state index is 0.0697. The van der Waals surface area contributed by atoms with E-state index in [4.69, 9.17) is 22.4 Å². The van der Waals surface area contributed by atoms with Crippen LogP contribution in [0.25, 0.3) is 0 Å². The maximum absolute atomic E-state index is 5.57. The highest BCUT2D eigenvalue weighted by molar-refractivity contribution is 7.80. The van der Waals surface area contributed by atoms with Gasteiger partial charge in [0.05, 0.1) is 11.7 Å². The lowest BCUT2D eigenvalue weighted by Crippen LogP contribution is -2.12. The molecular weight excluding hydrogens is 246 g/mol. The second-order valence-corrected chi connectivity index (χ2v) is 4.55. The van der Waals surface area contributed by atoms with Crippen molar-refractivity contribution in [1.29, 1.82) is 0 Å². The van der Waals surface area contributed by atoms with Gasteiger partial charge in [0.1, 0.15) is 16.5 Å². The fraction of sp³-hybridized carbons (Fsp3) is 0.231. The van der Waals surface area contributed by atoms with Crippen molar-refractivity contribution in [2.45, 2.75) is 19.9 Å². The number of hydrogen-bond acceptors (Lipinski definition) is 4. The van der Waals surface area contributed by atoms with Crippen LogP contribution in [0, 0.1) is 6.92 Å². The average Bonchev–Trinajstić information content (AvgIpc) is 2.76. The Hall–Kier alpha value is -1.88. The molecular formula is C13H15N3OS. The van der Waals surface area contributed by atoms with Gasteiger partial charge in [0.25, 0.3) is 0 Å². The number of rotatable bonds is 4. The van der Waals surface area contributed by atoms with Crippen molar-refractivity contribution >= 4 is 22.9 Å². The fourth-order valence-corrected chi connectivity index (χ4v) is 1.77. The molecule has 0 spiro atoms. The summed E-state index contributed by atoms with van der Waals surface area (Å²) in [5.41, 5.74) is 7.07. The molecule has 0 fully saturated rings. The summed E-state index contributed by atoms with van der Waals surface area (Å²) in [5, 5.41) is 3.32. The Labute approximate surface area is 111 Å². The third kappa shape index (κ3) is 2.87. The number of aryl methyl sites for hydroxylation is 1. The zero-order valence-corrected chi connectivity index (χ0v) is 11.1. The van der Waals surface area contributed by atoms with E-state index < -0.39 is 0 Å². The smallest absolute Gasteiger partial charge is 0.126 e. The van der Waals surface area contributed by atoms with Crippen molar-refractivity contribution in [3.63, 3.8) is 0 Å². The zero-order valence-electron chi connectivity index (χ0n) is 10.3. The summed E-state index contributed by atoms with van der Waals surface area (Å²) in [7, 11) is 0. The minimum atomic E-state index is 0.0697. The number of nitrogens with two attached hydrogens (primary N) is 1. The van der Waals surface area contributed by atoms with Crippen LogP contribution in [0.15, 0.2) is 34.9 Å². The molecule has 1 unspecified atom stereocenters. The van der Waals surface area contributed by atoms with E-state index in [0.717, 1.165) is 17.2 Å². The van der Waals surface area contributed by atoms with Crippen LogP contribution in [-0.2, 0) is 0 Å². The summed E-state index contributed by atoms with van der Waals surface area (Å²) in [6.45, 7) is 3.95. The SMILES string of the molecule is Cc1ccc(C(C)Nc2ccnc(C(N)=S)c2)o1. The highest BCUT2D eigenvalue weighted by atomic mass is 32.1. The van der Waals surface area contributed by atoms with Gasteiger partial charge in [-0.2, -0.15) is 0 Å². The van der Waals surface area contributed by atoms with Crippen molar-refractivity contribution < 1.29 is 4.42 Å². The van der Waals surface area contributed by atoms with Gasteiger partial charge >= 0.3 is 0 Å². The molecule has 2 rings (SSSR count). The first-order valence-electron chi connectivity index (χ1n) is 5.65. The molecule has 0 saturated carbocycles. The van der Waals surface area contributed by atoms with Gasteiger partial charge in [-0.25, -0.2) is 0 Å². The molecule has 5 heteroatoms. The quantitative estimate of drug-likeness (QED) is 0.829. The van der Waals surface area contributed by atoms with Crippen LogP contribution in [0.4, 0.5) is 5.69 Å². The van der Waals surface area contributed by atoms with Gasteiger partial charge in [0, 0.05) is 11.9 Å². The number of pyridine rings is 1. The predicted octanol–water partition coefficient (Wildman–Crippen LogP) is 2.79. The van der Waals surface area contributed by atoms with Crippen LogP contribution < -0.4 is 11.1 Å². The summed E-state index contributed by atoms with van der Waals surface area (Å²) < 4.78 is 5.57. The van der Waals surface area contributed by atoms with E-state index >= 15 is 0 Å². The number of nitrogens with one attached hydrogen (secondary N) is 1. The summed E-state index contributed by atoms with van der Waals surface area (Å²) >= 11 is 4.90. The number of hydrogen-bond donors (Lipinski definition) is 2. The minimum Gasteiger partial charge on any atom is -0.464 e. The third-order valence-corrected chi connectivity index (χ3v) is 2.79. The average molecular weight is 261 g/mol. The zero-order chi connectivity index (χ0) is 13.1. The lowest BCUT2D eigenvalue weighted by Gasteiger charge is -2.13. The monoisotopic (exact) mass is 261 g/mol. The second kappa shape index (κ2) is 5.18.